The highest BCUT2D eigenvalue weighted by Gasteiger charge is 2.06. The van der Waals surface area contributed by atoms with Gasteiger partial charge in [0.05, 0.1) is 12.7 Å². The Kier molecular flexibility index (Phi) is 4.68. The quantitative estimate of drug-likeness (QED) is 0.813. The van der Waals surface area contributed by atoms with Gasteiger partial charge in [-0.15, -0.1) is 0 Å². The molecule has 1 aromatic heterocycles. The van der Waals surface area contributed by atoms with E-state index in [2.05, 4.69) is 15.0 Å². The van der Waals surface area contributed by atoms with E-state index >= 15 is 0 Å². The van der Waals surface area contributed by atoms with E-state index in [-0.39, 0.29) is 5.97 Å². The van der Waals surface area contributed by atoms with Gasteiger partial charge in [-0.2, -0.15) is 0 Å². The van der Waals surface area contributed by atoms with Gasteiger partial charge in [0.1, 0.15) is 5.82 Å². The van der Waals surface area contributed by atoms with Gasteiger partial charge >= 0.3 is 5.97 Å². The zero-order valence-electron chi connectivity index (χ0n) is 11.3. The molecule has 3 N–H and O–H groups in total. The van der Waals surface area contributed by atoms with E-state index in [4.69, 9.17) is 5.73 Å². The minimum Gasteiger partial charge on any atom is -0.465 e. The second-order valence-electron chi connectivity index (χ2n) is 4.30. The summed E-state index contributed by atoms with van der Waals surface area (Å²) in [4.78, 5) is 15.6. The van der Waals surface area contributed by atoms with Crippen LogP contribution < -0.4 is 11.1 Å². The summed E-state index contributed by atoms with van der Waals surface area (Å²) in [6, 6.07) is 11.3. The molecule has 0 aliphatic carbocycles. The third-order valence-corrected chi connectivity index (χ3v) is 2.91. The average Bonchev–Trinajstić information content (AvgIpc) is 2.53. The van der Waals surface area contributed by atoms with Crippen LogP contribution in [0.3, 0.4) is 0 Å². The number of hydrogen-bond acceptors (Lipinski definition) is 5. The smallest absolute Gasteiger partial charge is 0.338 e. The third-order valence-electron chi connectivity index (χ3n) is 2.91. The van der Waals surface area contributed by atoms with Crippen LogP contribution in [0.15, 0.2) is 42.6 Å². The Bertz CT molecular complexity index is 582. The van der Waals surface area contributed by atoms with Crippen molar-refractivity contribution in [3.05, 3.63) is 59.3 Å². The third kappa shape index (κ3) is 3.55. The molecule has 2 rings (SSSR count). The predicted molar refractivity (Wildman–Crippen MR) is 77.2 cm³/mol. The fourth-order valence-electron chi connectivity index (χ4n) is 1.76. The molecule has 1 aromatic carbocycles. The summed E-state index contributed by atoms with van der Waals surface area (Å²) in [6.45, 7) is 1.17. The molecule has 0 spiro atoms. The molecule has 5 heteroatoms. The van der Waals surface area contributed by atoms with Gasteiger partial charge in [-0.25, -0.2) is 9.78 Å². The molecule has 0 saturated carbocycles. The van der Waals surface area contributed by atoms with Crippen LogP contribution in [0.25, 0.3) is 0 Å². The van der Waals surface area contributed by atoms with Gasteiger partial charge in [0, 0.05) is 19.3 Å². The van der Waals surface area contributed by atoms with Gasteiger partial charge in [0.25, 0.3) is 0 Å². The minimum absolute atomic E-state index is 0.372. The SMILES string of the molecule is COC(=O)c1ccnc(NCc2ccc(CN)cc2)c1. The molecule has 0 radical (unpaired) electrons. The van der Waals surface area contributed by atoms with Crippen LogP contribution in [0.1, 0.15) is 21.5 Å². The molecule has 2 aromatic rings. The van der Waals surface area contributed by atoms with Crippen LogP contribution in [-0.2, 0) is 17.8 Å². The highest BCUT2D eigenvalue weighted by molar-refractivity contribution is 5.89. The Morgan fingerprint density at radius 3 is 2.60 bits per heavy atom. The Hall–Kier alpha value is -2.40. The van der Waals surface area contributed by atoms with Crippen molar-refractivity contribution in [2.75, 3.05) is 12.4 Å². The average molecular weight is 271 g/mol. The fourth-order valence-corrected chi connectivity index (χ4v) is 1.76. The number of esters is 1. The second kappa shape index (κ2) is 6.68. The maximum absolute atomic E-state index is 11.4. The van der Waals surface area contributed by atoms with Crippen LogP contribution in [0.4, 0.5) is 5.82 Å². The van der Waals surface area contributed by atoms with Crippen molar-refractivity contribution >= 4 is 11.8 Å². The van der Waals surface area contributed by atoms with Crippen LogP contribution >= 0.6 is 0 Å². The van der Waals surface area contributed by atoms with Gasteiger partial charge in [0.15, 0.2) is 0 Å². The van der Waals surface area contributed by atoms with E-state index in [1.165, 1.54) is 7.11 Å². The lowest BCUT2D eigenvalue weighted by Crippen LogP contribution is -2.05. The molecule has 0 atom stereocenters. The van der Waals surface area contributed by atoms with Crippen LogP contribution in [0.5, 0.6) is 0 Å². The number of nitrogens with one attached hydrogen (secondary N) is 1. The molecule has 0 aliphatic rings. The minimum atomic E-state index is -0.372. The first-order valence-corrected chi connectivity index (χ1v) is 6.29. The Morgan fingerprint density at radius 2 is 1.95 bits per heavy atom. The lowest BCUT2D eigenvalue weighted by Gasteiger charge is -2.07. The Labute approximate surface area is 117 Å². The first-order valence-electron chi connectivity index (χ1n) is 6.29. The number of ether oxygens (including phenoxy) is 1. The summed E-state index contributed by atoms with van der Waals surface area (Å²) >= 11 is 0. The first-order chi connectivity index (χ1) is 9.72. The second-order valence-corrected chi connectivity index (χ2v) is 4.30. The van der Waals surface area contributed by atoms with E-state index in [0.717, 1.165) is 11.1 Å². The number of aromatic nitrogens is 1. The normalized spacial score (nSPS) is 10.1. The molecule has 1 heterocycles. The van der Waals surface area contributed by atoms with Crippen LogP contribution in [-0.4, -0.2) is 18.1 Å². The summed E-state index contributed by atoms with van der Waals surface area (Å²) in [5, 5.41) is 3.17. The topological polar surface area (TPSA) is 77.2 Å². The largest absolute Gasteiger partial charge is 0.465 e. The van der Waals surface area contributed by atoms with Crippen molar-refractivity contribution in [1.29, 1.82) is 0 Å². The summed E-state index contributed by atoms with van der Waals surface area (Å²) < 4.78 is 4.67. The number of benzene rings is 1. The fraction of sp³-hybridized carbons (Fsp3) is 0.200. The number of methoxy groups -OCH3 is 1. The Morgan fingerprint density at radius 1 is 1.25 bits per heavy atom. The lowest BCUT2D eigenvalue weighted by atomic mass is 10.1. The van der Waals surface area contributed by atoms with Gasteiger partial charge in [-0.05, 0) is 23.3 Å². The van der Waals surface area contributed by atoms with Crippen LogP contribution in [0.2, 0.25) is 0 Å². The predicted octanol–water partition coefficient (Wildman–Crippen LogP) is 1.94. The first kappa shape index (κ1) is 14.0. The summed E-state index contributed by atoms with van der Waals surface area (Å²) in [5.41, 5.74) is 8.24. The maximum atomic E-state index is 11.4. The number of nitrogens with two attached hydrogens (primary N) is 1. The van der Waals surface area contributed by atoms with E-state index in [1.54, 1.807) is 18.3 Å². The van der Waals surface area contributed by atoms with E-state index in [9.17, 15) is 4.79 Å². The molecular formula is C15H17N3O2. The molecule has 20 heavy (non-hydrogen) atoms. The van der Waals surface area contributed by atoms with E-state index in [1.807, 2.05) is 24.3 Å². The highest BCUT2D eigenvalue weighted by Crippen LogP contribution is 2.10. The van der Waals surface area contributed by atoms with Crippen molar-refractivity contribution in [2.24, 2.45) is 5.73 Å². The van der Waals surface area contributed by atoms with Crippen molar-refractivity contribution < 1.29 is 9.53 Å². The van der Waals surface area contributed by atoms with Gasteiger partial charge in [0.2, 0.25) is 0 Å². The summed E-state index contributed by atoms with van der Waals surface area (Å²) in [6.07, 6.45) is 1.58. The molecule has 0 bridgehead atoms. The van der Waals surface area contributed by atoms with Crippen molar-refractivity contribution in [3.8, 4) is 0 Å². The number of carbonyl (C=O) groups is 1. The van der Waals surface area contributed by atoms with Gasteiger partial charge in [-0.3, -0.25) is 0 Å². The molecule has 5 nitrogen and oxygen atoms in total. The van der Waals surface area contributed by atoms with Crippen molar-refractivity contribution in [1.82, 2.24) is 4.98 Å². The zero-order chi connectivity index (χ0) is 14.4. The van der Waals surface area contributed by atoms with E-state index < -0.39 is 0 Å². The monoisotopic (exact) mass is 271 g/mol. The van der Waals surface area contributed by atoms with Gasteiger partial charge < -0.3 is 15.8 Å². The lowest BCUT2D eigenvalue weighted by molar-refractivity contribution is 0.0600. The number of nitrogens with zero attached hydrogens (tertiary/aromatic N) is 1. The van der Waals surface area contributed by atoms with E-state index in [0.29, 0.717) is 24.5 Å². The number of pyridine rings is 1. The zero-order valence-corrected chi connectivity index (χ0v) is 11.3. The summed E-state index contributed by atoms with van der Waals surface area (Å²) in [7, 11) is 1.36. The number of carbonyl (C=O) groups excluding carboxylic acids is 1. The Balaban J connectivity index is 2.01. The highest BCUT2D eigenvalue weighted by atomic mass is 16.5. The number of hydrogen-bond donors (Lipinski definition) is 2. The molecule has 0 aliphatic heterocycles. The summed E-state index contributed by atoms with van der Waals surface area (Å²) in [5.74, 6) is 0.263. The molecule has 0 amide bonds. The van der Waals surface area contributed by atoms with Gasteiger partial charge in [-0.1, -0.05) is 24.3 Å². The van der Waals surface area contributed by atoms with Crippen molar-refractivity contribution in [2.45, 2.75) is 13.1 Å². The molecule has 104 valence electrons. The standard InChI is InChI=1S/C15H17N3O2/c1-20-15(19)13-6-7-17-14(8-13)18-10-12-4-2-11(9-16)3-5-12/h2-8H,9-10,16H2,1H3,(H,17,18). The maximum Gasteiger partial charge on any atom is 0.338 e. The molecule has 0 fully saturated rings. The molecule has 0 saturated heterocycles. The number of rotatable bonds is 5. The molecule has 0 unspecified atom stereocenters. The molecular weight excluding hydrogens is 254 g/mol. The van der Waals surface area contributed by atoms with Crippen molar-refractivity contribution in [3.63, 3.8) is 0 Å². The van der Waals surface area contributed by atoms with Crippen LogP contribution in [0, 0.1) is 0 Å². The number of anilines is 1.